The van der Waals surface area contributed by atoms with Crippen LogP contribution in [0.25, 0.3) is 16.8 Å². The predicted molar refractivity (Wildman–Crippen MR) is 106 cm³/mol. The van der Waals surface area contributed by atoms with Gasteiger partial charge in [-0.25, -0.2) is 13.8 Å². The molecule has 8 nitrogen and oxygen atoms in total. The van der Waals surface area contributed by atoms with Gasteiger partial charge in [-0.05, 0) is 19.1 Å². The van der Waals surface area contributed by atoms with Crippen LogP contribution in [0.1, 0.15) is 11.3 Å². The van der Waals surface area contributed by atoms with E-state index in [0.29, 0.717) is 11.5 Å². The molecule has 0 bridgehead atoms. The zero-order valence-electron chi connectivity index (χ0n) is 16.5. The lowest BCUT2D eigenvalue weighted by atomic mass is 10.1. The molecule has 4 aromatic rings. The van der Waals surface area contributed by atoms with Gasteiger partial charge in [0.05, 0.1) is 19.9 Å². The van der Waals surface area contributed by atoms with Crippen molar-refractivity contribution in [3.05, 3.63) is 59.7 Å². The summed E-state index contributed by atoms with van der Waals surface area (Å²) in [7, 11) is 2.87. The molecule has 0 spiro atoms. The van der Waals surface area contributed by atoms with Gasteiger partial charge in [-0.3, -0.25) is 4.40 Å². The highest BCUT2D eigenvalue weighted by Crippen LogP contribution is 2.29. The maximum Gasteiger partial charge on any atom is 0.316 e. The van der Waals surface area contributed by atoms with Crippen LogP contribution < -0.4 is 14.8 Å². The van der Waals surface area contributed by atoms with Gasteiger partial charge in [-0.15, -0.1) is 10.2 Å². The molecule has 0 atom stereocenters. The average molecular weight is 412 g/mol. The fourth-order valence-corrected chi connectivity index (χ4v) is 3.19. The minimum absolute atomic E-state index is 0.0760. The molecule has 154 valence electrons. The highest BCUT2D eigenvalue weighted by molar-refractivity contribution is 5.79. The van der Waals surface area contributed by atoms with Crippen molar-refractivity contribution in [2.75, 3.05) is 19.5 Å². The standard InChI is InChI=1S/C20H18F2N6O2/c1-11-14(8-24-20(26-11)30-3)13-4-5-18(28-10-25-27-19(13)28)23-9-15-16(22)6-12(21)7-17(15)29-2/h4-8,10,23H,9H2,1-3H3. The van der Waals surface area contributed by atoms with Crippen LogP contribution in [0.3, 0.4) is 0 Å². The highest BCUT2D eigenvalue weighted by Gasteiger charge is 2.16. The van der Waals surface area contributed by atoms with Gasteiger partial charge in [0.25, 0.3) is 0 Å². The molecule has 0 unspecified atom stereocenters. The quantitative estimate of drug-likeness (QED) is 0.519. The first-order valence-electron chi connectivity index (χ1n) is 8.98. The van der Waals surface area contributed by atoms with Crippen molar-refractivity contribution < 1.29 is 18.3 Å². The van der Waals surface area contributed by atoms with E-state index in [9.17, 15) is 8.78 Å². The Kier molecular flexibility index (Phi) is 5.13. The topological polar surface area (TPSA) is 86.5 Å². The summed E-state index contributed by atoms with van der Waals surface area (Å²) in [6, 6.07) is 5.90. The molecule has 0 amide bonds. The van der Waals surface area contributed by atoms with Crippen LogP contribution in [0.2, 0.25) is 0 Å². The van der Waals surface area contributed by atoms with E-state index in [4.69, 9.17) is 9.47 Å². The van der Waals surface area contributed by atoms with Gasteiger partial charge < -0.3 is 14.8 Å². The number of hydrogen-bond donors (Lipinski definition) is 1. The van der Waals surface area contributed by atoms with Gasteiger partial charge in [0.1, 0.15) is 29.5 Å². The molecule has 4 rings (SSSR count). The van der Waals surface area contributed by atoms with Gasteiger partial charge in [0.15, 0.2) is 5.65 Å². The fraction of sp³-hybridized carbons (Fsp3) is 0.200. The Bertz CT molecular complexity index is 1230. The number of methoxy groups -OCH3 is 2. The van der Waals surface area contributed by atoms with Crippen molar-refractivity contribution in [2.24, 2.45) is 0 Å². The first-order chi connectivity index (χ1) is 14.5. The number of fused-ring (bicyclic) bond motifs is 1. The lowest BCUT2D eigenvalue weighted by Gasteiger charge is -2.14. The number of aryl methyl sites for hydroxylation is 1. The van der Waals surface area contributed by atoms with Crippen LogP contribution in [0.15, 0.2) is 36.8 Å². The van der Waals surface area contributed by atoms with Crippen LogP contribution in [0, 0.1) is 18.6 Å². The van der Waals surface area contributed by atoms with E-state index in [1.165, 1.54) is 14.2 Å². The Balaban J connectivity index is 1.69. The van der Waals surface area contributed by atoms with Gasteiger partial charge in [-0.2, -0.15) is 4.98 Å². The normalized spacial score (nSPS) is 11.0. The Morgan fingerprint density at radius 1 is 1.10 bits per heavy atom. The summed E-state index contributed by atoms with van der Waals surface area (Å²) in [6.07, 6.45) is 3.20. The number of ether oxygens (including phenoxy) is 2. The van der Waals surface area contributed by atoms with Gasteiger partial charge in [0, 0.05) is 41.6 Å². The van der Waals surface area contributed by atoms with Gasteiger partial charge in [0.2, 0.25) is 0 Å². The second kappa shape index (κ2) is 7.90. The van der Waals surface area contributed by atoms with E-state index in [1.54, 1.807) is 16.9 Å². The van der Waals surface area contributed by atoms with E-state index in [0.717, 1.165) is 29.0 Å². The van der Waals surface area contributed by atoms with Gasteiger partial charge >= 0.3 is 6.01 Å². The number of nitrogens with zero attached hydrogens (tertiary/aromatic N) is 5. The smallest absolute Gasteiger partial charge is 0.316 e. The monoisotopic (exact) mass is 412 g/mol. The molecule has 0 radical (unpaired) electrons. The van der Waals surface area contributed by atoms with E-state index in [2.05, 4.69) is 25.5 Å². The molecule has 0 aliphatic carbocycles. The molecular weight excluding hydrogens is 394 g/mol. The third-order valence-electron chi connectivity index (χ3n) is 4.67. The molecule has 0 aliphatic rings. The first-order valence-corrected chi connectivity index (χ1v) is 8.98. The Morgan fingerprint density at radius 3 is 2.67 bits per heavy atom. The van der Waals surface area contributed by atoms with Crippen LogP contribution in [-0.2, 0) is 6.54 Å². The molecule has 30 heavy (non-hydrogen) atoms. The maximum absolute atomic E-state index is 14.2. The summed E-state index contributed by atoms with van der Waals surface area (Å²) < 4.78 is 39.6. The number of halogens is 2. The van der Waals surface area contributed by atoms with E-state index in [-0.39, 0.29) is 23.9 Å². The summed E-state index contributed by atoms with van der Waals surface area (Å²) >= 11 is 0. The summed E-state index contributed by atoms with van der Waals surface area (Å²) in [6.45, 7) is 1.93. The first kappa shape index (κ1) is 19.5. The Morgan fingerprint density at radius 2 is 1.93 bits per heavy atom. The molecule has 0 saturated heterocycles. The lowest BCUT2D eigenvalue weighted by molar-refractivity contribution is 0.379. The number of hydrogen-bond acceptors (Lipinski definition) is 7. The largest absolute Gasteiger partial charge is 0.496 e. The Labute approximate surface area is 170 Å². The van der Waals surface area contributed by atoms with E-state index >= 15 is 0 Å². The molecule has 3 heterocycles. The van der Waals surface area contributed by atoms with Gasteiger partial charge in [-0.1, -0.05) is 0 Å². The van der Waals surface area contributed by atoms with Crippen molar-refractivity contribution in [2.45, 2.75) is 13.5 Å². The van der Waals surface area contributed by atoms with Crippen LogP contribution in [0.4, 0.5) is 14.6 Å². The summed E-state index contributed by atoms with van der Waals surface area (Å²) in [5.41, 5.74) is 3.08. The zero-order chi connectivity index (χ0) is 21.3. The molecule has 3 aromatic heterocycles. The molecule has 0 fully saturated rings. The molecule has 1 N–H and O–H groups in total. The number of nitrogens with one attached hydrogen (secondary N) is 1. The van der Waals surface area contributed by atoms with E-state index in [1.807, 2.05) is 19.1 Å². The predicted octanol–water partition coefficient (Wildman–Crippen LogP) is 3.40. The maximum atomic E-state index is 14.2. The molecular formula is C20H18F2N6O2. The van der Waals surface area contributed by atoms with Crippen LogP contribution >= 0.6 is 0 Å². The minimum atomic E-state index is -0.698. The van der Waals surface area contributed by atoms with Crippen molar-refractivity contribution in [3.8, 4) is 22.9 Å². The highest BCUT2D eigenvalue weighted by atomic mass is 19.1. The van der Waals surface area contributed by atoms with Crippen molar-refractivity contribution >= 4 is 11.5 Å². The fourth-order valence-electron chi connectivity index (χ4n) is 3.19. The van der Waals surface area contributed by atoms with Crippen LogP contribution in [0.5, 0.6) is 11.8 Å². The third-order valence-corrected chi connectivity index (χ3v) is 4.67. The summed E-state index contributed by atoms with van der Waals surface area (Å²) in [4.78, 5) is 8.47. The van der Waals surface area contributed by atoms with Crippen molar-refractivity contribution in [1.29, 1.82) is 0 Å². The SMILES string of the molecule is COc1ncc(-c2ccc(NCc3c(F)cc(F)cc3OC)n3cnnc23)c(C)n1. The van der Waals surface area contributed by atoms with E-state index < -0.39 is 11.6 Å². The van der Waals surface area contributed by atoms with Crippen LogP contribution in [-0.4, -0.2) is 38.8 Å². The second-order valence-corrected chi connectivity index (χ2v) is 6.43. The zero-order valence-corrected chi connectivity index (χ0v) is 16.5. The minimum Gasteiger partial charge on any atom is -0.496 e. The molecule has 10 heteroatoms. The number of aromatic nitrogens is 5. The number of anilines is 1. The molecule has 0 aliphatic heterocycles. The molecule has 0 saturated carbocycles. The summed E-state index contributed by atoms with van der Waals surface area (Å²) in [5, 5.41) is 11.3. The number of benzene rings is 1. The average Bonchev–Trinajstić information content (AvgIpc) is 3.23. The van der Waals surface area contributed by atoms with Crippen molar-refractivity contribution in [3.63, 3.8) is 0 Å². The summed E-state index contributed by atoms with van der Waals surface area (Å²) in [5.74, 6) is -0.642. The Hall–Kier alpha value is -3.82. The molecule has 1 aromatic carbocycles. The number of pyridine rings is 1. The number of rotatable bonds is 6. The lowest BCUT2D eigenvalue weighted by Crippen LogP contribution is -2.08. The third kappa shape index (κ3) is 3.47. The second-order valence-electron chi connectivity index (χ2n) is 6.43. The van der Waals surface area contributed by atoms with Crippen molar-refractivity contribution in [1.82, 2.24) is 24.6 Å².